The van der Waals surface area contributed by atoms with E-state index in [0.29, 0.717) is 42.4 Å². The van der Waals surface area contributed by atoms with E-state index in [1.807, 2.05) is 28.9 Å². The number of amides is 1. The van der Waals surface area contributed by atoms with Crippen molar-refractivity contribution in [3.8, 4) is 11.1 Å². The summed E-state index contributed by atoms with van der Waals surface area (Å²) in [6, 6.07) is 8.72. The van der Waals surface area contributed by atoms with E-state index in [4.69, 9.17) is 20.8 Å². The molecule has 0 aliphatic carbocycles. The zero-order valence-electron chi connectivity index (χ0n) is 24.2. The molecule has 2 aliphatic heterocycles. The van der Waals surface area contributed by atoms with E-state index in [2.05, 4.69) is 47.9 Å². The lowest BCUT2D eigenvalue weighted by atomic mass is 9.57. The lowest BCUT2D eigenvalue weighted by Crippen LogP contribution is -2.60. The SMILES string of the molecule is [B]C([B])(c1cccc(C=O)n1)N1CC(n2ncc3c2C(C)N(C)c2c-3ccnc2Nc2cc(NC)nnc2C(=O)NC)C1. The average molecular weight is 573 g/mol. The fourth-order valence-corrected chi connectivity index (χ4v) is 5.62. The van der Waals surface area contributed by atoms with E-state index in [1.54, 1.807) is 44.6 Å². The zero-order valence-corrected chi connectivity index (χ0v) is 24.2. The van der Waals surface area contributed by atoms with E-state index in [0.717, 1.165) is 22.5 Å². The number of nitrogens with one attached hydrogen (secondary N) is 3. The van der Waals surface area contributed by atoms with Gasteiger partial charge >= 0.3 is 0 Å². The second-order valence-corrected chi connectivity index (χ2v) is 10.6. The van der Waals surface area contributed by atoms with Gasteiger partial charge < -0.3 is 25.8 Å². The predicted molar refractivity (Wildman–Crippen MR) is 164 cm³/mol. The third kappa shape index (κ3) is 4.69. The van der Waals surface area contributed by atoms with E-state index in [9.17, 15) is 9.59 Å². The molecule has 0 bridgehead atoms. The highest BCUT2D eigenvalue weighted by atomic mass is 16.1. The van der Waals surface area contributed by atoms with Crippen molar-refractivity contribution in [3.05, 3.63) is 65.5 Å². The number of carbonyl (C=O) groups is 2. The molecule has 4 aromatic heterocycles. The highest BCUT2D eigenvalue weighted by molar-refractivity contribution is 6.39. The smallest absolute Gasteiger partial charge is 0.273 e. The molecule has 2 aliphatic rings. The van der Waals surface area contributed by atoms with Gasteiger partial charge in [-0.3, -0.25) is 14.3 Å². The molecule has 13 nitrogen and oxygen atoms in total. The molecule has 15 heteroatoms. The number of rotatable bonds is 8. The first kappa shape index (κ1) is 28.3. The van der Waals surface area contributed by atoms with Gasteiger partial charge in [0.25, 0.3) is 5.91 Å². The molecule has 6 heterocycles. The summed E-state index contributed by atoms with van der Waals surface area (Å²) in [5, 5.41) is 20.5. The van der Waals surface area contributed by atoms with Crippen LogP contribution in [0, 0.1) is 0 Å². The van der Waals surface area contributed by atoms with Crippen molar-refractivity contribution in [2.45, 2.75) is 24.3 Å². The Morgan fingerprint density at radius 1 is 1.14 bits per heavy atom. The summed E-state index contributed by atoms with van der Waals surface area (Å²) in [5.74, 6) is 0.709. The number of hydrogen-bond donors (Lipinski definition) is 3. The van der Waals surface area contributed by atoms with E-state index < -0.39 is 5.34 Å². The third-order valence-corrected chi connectivity index (χ3v) is 8.16. The van der Waals surface area contributed by atoms with Crippen LogP contribution >= 0.6 is 0 Å². The van der Waals surface area contributed by atoms with Crippen LogP contribution in [0.4, 0.5) is 23.0 Å². The van der Waals surface area contributed by atoms with Gasteiger partial charge in [0, 0.05) is 63.3 Å². The Balaban J connectivity index is 1.30. The minimum absolute atomic E-state index is 0.0410. The lowest BCUT2D eigenvalue weighted by Gasteiger charge is -2.50. The molecule has 1 amide bonds. The van der Waals surface area contributed by atoms with Crippen molar-refractivity contribution in [2.24, 2.45) is 0 Å². The second-order valence-electron chi connectivity index (χ2n) is 10.6. The summed E-state index contributed by atoms with van der Waals surface area (Å²) >= 11 is 0. The van der Waals surface area contributed by atoms with Gasteiger partial charge in [0.05, 0.1) is 51.0 Å². The van der Waals surface area contributed by atoms with Gasteiger partial charge in [-0.2, -0.15) is 5.10 Å². The van der Waals surface area contributed by atoms with Crippen molar-refractivity contribution >= 4 is 50.9 Å². The number of aldehydes is 1. The average Bonchev–Trinajstić information content (AvgIpc) is 3.43. The van der Waals surface area contributed by atoms with Gasteiger partial charge in [0.1, 0.15) is 5.69 Å². The third-order valence-electron chi connectivity index (χ3n) is 8.16. The minimum atomic E-state index is -1.33. The number of nitrogens with zero attached hydrogens (tertiary/aromatic N) is 8. The predicted octanol–water partition coefficient (Wildman–Crippen LogP) is 1.60. The molecule has 0 aromatic carbocycles. The molecule has 1 fully saturated rings. The maximum atomic E-state index is 12.5. The molecule has 6 rings (SSSR count). The number of pyridine rings is 2. The van der Waals surface area contributed by atoms with E-state index in [1.165, 1.54) is 0 Å². The van der Waals surface area contributed by atoms with Crippen molar-refractivity contribution < 1.29 is 9.59 Å². The minimum Gasteiger partial charge on any atom is -0.372 e. The zero-order chi connectivity index (χ0) is 30.5. The summed E-state index contributed by atoms with van der Waals surface area (Å²) in [5.41, 5.74) is 5.21. The molecule has 0 saturated carbocycles. The Labute approximate surface area is 251 Å². The Hall–Kier alpha value is -4.78. The number of fused-ring (bicyclic) bond motifs is 3. The van der Waals surface area contributed by atoms with Crippen LogP contribution in [-0.2, 0) is 5.34 Å². The van der Waals surface area contributed by atoms with Gasteiger partial charge in [0.2, 0.25) is 0 Å². The van der Waals surface area contributed by atoms with Crippen LogP contribution in [0.15, 0.2) is 42.7 Å². The molecular weight excluding hydrogens is 544 g/mol. The number of carbonyl (C=O) groups excluding carboxylic acids is 2. The Morgan fingerprint density at radius 2 is 1.93 bits per heavy atom. The van der Waals surface area contributed by atoms with Crippen LogP contribution in [0.5, 0.6) is 0 Å². The molecule has 214 valence electrons. The maximum absolute atomic E-state index is 12.5. The molecule has 43 heavy (non-hydrogen) atoms. The van der Waals surface area contributed by atoms with Crippen LogP contribution < -0.4 is 20.9 Å². The van der Waals surface area contributed by atoms with Crippen molar-refractivity contribution in [1.82, 2.24) is 40.2 Å². The summed E-state index contributed by atoms with van der Waals surface area (Å²) in [6.45, 7) is 3.23. The number of anilines is 4. The fraction of sp³-hybridized carbons (Fsp3) is 0.321. The van der Waals surface area contributed by atoms with E-state index >= 15 is 0 Å². The van der Waals surface area contributed by atoms with Crippen LogP contribution in [-0.4, -0.2) is 97.0 Å². The first-order chi connectivity index (χ1) is 20.7. The number of hydrogen-bond acceptors (Lipinski definition) is 11. The van der Waals surface area contributed by atoms with Crippen LogP contribution in [0.3, 0.4) is 0 Å². The molecule has 0 spiro atoms. The summed E-state index contributed by atoms with van der Waals surface area (Å²) in [6.07, 6.45) is 4.28. The number of likely N-dealkylation sites (tertiary alicyclic amines) is 1. The fourth-order valence-electron chi connectivity index (χ4n) is 5.62. The summed E-state index contributed by atoms with van der Waals surface area (Å²) < 4.78 is 2.05. The topological polar surface area (TPSA) is 146 Å². The Bertz CT molecular complexity index is 1720. The Kier molecular flexibility index (Phi) is 7.12. The standard InChI is InChI=1S/C28H29B2N11O2/c1-15-24-19(11-34-41(24)17-12-40(13-17)28(29,30)21-7-5-6-16(14-42)35-21)18-8-9-33-26(25(18)39(15)4)36-20-10-22(31-2)37-38-23(20)27(43)32-3/h5-11,14-15,17H,12-13H2,1-4H3,(H,32,43)(H2,31,33,36,37). The molecular formula is C28H29B2N11O2. The normalized spacial score (nSPS) is 16.6. The van der Waals surface area contributed by atoms with Gasteiger partial charge in [-0.15, -0.1) is 10.2 Å². The molecule has 3 N–H and O–H groups in total. The molecule has 4 radical (unpaired) electrons. The first-order valence-electron chi connectivity index (χ1n) is 13.8. The maximum Gasteiger partial charge on any atom is 0.273 e. The van der Waals surface area contributed by atoms with Gasteiger partial charge in [-0.1, -0.05) is 6.07 Å². The monoisotopic (exact) mass is 573 g/mol. The van der Waals surface area contributed by atoms with Crippen LogP contribution in [0.25, 0.3) is 11.1 Å². The number of aromatic nitrogens is 6. The molecule has 1 unspecified atom stereocenters. The lowest BCUT2D eigenvalue weighted by molar-refractivity contribution is 0.0616. The highest BCUT2D eigenvalue weighted by Crippen LogP contribution is 2.48. The summed E-state index contributed by atoms with van der Waals surface area (Å²) in [7, 11) is 18.3. The van der Waals surface area contributed by atoms with Crippen molar-refractivity contribution in [3.63, 3.8) is 0 Å². The quantitative estimate of drug-likeness (QED) is 0.209. The molecule has 1 atom stereocenters. The van der Waals surface area contributed by atoms with Crippen molar-refractivity contribution in [2.75, 3.05) is 49.8 Å². The summed E-state index contributed by atoms with van der Waals surface area (Å²) in [4.78, 5) is 36.7. The highest BCUT2D eigenvalue weighted by Gasteiger charge is 2.42. The molecule has 4 aromatic rings. The largest absolute Gasteiger partial charge is 0.372 e. The molecule has 1 saturated heterocycles. The van der Waals surface area contributed by atoms with Gasteiger partial charge in [0.15, 0.2) is 23.6 Å². The first-order valence-corrected chi connectivity index (χ1v) is 13.8. The van der Waals surface area contributed by atoms with E-state index in [-0.39, 0.29) is 29.4 Å². The second kappa shape index (κ2) is 10.8. The van der Waals surface area contributed by atoms with Gasteiger partial charge in [-0.25, -0.2) is 9.97 Å². The van der Waals surface area contributed by atoms with Gasteiger partial charge in [-0.05, 0) is 30.5 Å². The van der Waals surface area contributed by atoms with Crippen molar-refractivity contribution in [1.29, 1.82) is 0 Å². The Morgan fingerprint density at radius 3 is 2.65 bits per heavy atom. The van der Waals surface area contributed by atoms with Crippen LogP contribution in [0.2, 0.25) is 0 Å². The van der Waals surface area contributed by atoms with Crippen LogP contribution in [0.1, 0.15) is 51.4 Å².